The molecule has 2 aromatic rings. The third kappa shape index (κ3) is 8.30. The normalized spacial score (nSPS) is 20.5. The molecule has 1 saturated heterocycles. The molecule has 15 heteroatoms. The molecule has 4 rings (SSSR count). The van der Waals surface area contributed by atoms with Crippen molar-refractivity contribution in [3.63, 3.8) is 0 Å². The summed E-state index contributed by atoms with van der Waals surface area (Å²) in [5, 5.41) is 25.5. The molecule has 0 radical (unpaired) electrons. The number of likely N-dealkylation sites (N-methyl/N-ethyl adjacent to an activating group) is 1. The summed E-state index contributed by atoms with van der Waals surface area (Å²) in [6, 6.07) is 12.8. The van der Waals surface area contributed by atoms with Crippen LogP contribution in [0.15, 0.2) is 36.4 Å². The number of thiophene rings is 1. The van der Waals surface area contributed by atoms with E-state index in [0.717, 1.165) is 36.8 Å². The zero-order valence-electron chi connectivity index (χ0n) is 20.8. The minimum Gasteiger partial charge on any atom is -0.475 e. The molecule has 0 saturated carbocycles. The van der Waals surface area contributed by atoms with Crippen LogP contribution in [-0.2, 0) is 21.5 Å². The van der Waals surface area contributed by atoms with E-state index >= 15 is 0 Å². The molecule has 1 aromatic carbocycles. The Morgan fingerprint density at radius 2 is 1.49 bits per heavy atom. The Balaban J connectivity index is 0.000000317. The summed E-state index contributed by atoms with van der Waals surface area (Å²) in [5.74, 6) is -5.51. The largest absolute Gasteiger partial charge is 0.490 e. The number of aliphatic hydroxyl groups is 1. The lowest BCUT2D eigenvalue weighted by atomic mass is 9.72. The molecule has 0 unspecified atom stereocenters. The van der Waals surface area contributed by atoms with Gasteiger partial charge in [0.05, 0.1) is 16.5 Å². The van der Waals surface area contributed by atoms with Crippen LogP contribution in [-0.4, -0.2) is 82.7 Å². The number of aliphatic carboxylic acids is 2. The topological polar surface area (TPSA) is 101 Å². The predicted molar refractivity (Wildman–Crippen MR) is 132 cm³/mol. The first-order valence-corrected chi connectivity index (χ1v) is 12.6. The highest BCUT2D eigenvalue weighted by Crippen LogP contribution is 2.52. The predicted octanol–water partition coefficient (Wildman–Crippen LogP) is 5.18. The average Bonchev–Trinajstić information content (AvgIpc) is 3.33. The molecule has 1 aromatic heterocycles. The molecule has 0 amide bonds. The fourth-order valence-electron chi connectivity index (χ4n) is 4.73. The van der Waals surface area contributed by atoms with E-state index in [9.17, 15) is 31.4 Å². The summed E-state index contributed by atoms with van der Waals surface area (Å²) in [5.41, 5.74) is 2.56. The number of rotatable bonds is 3. The van der Waals surface area contributed by atoms with Crippen LogP contribution in [0.3, 0.4) is 0 Å². The molecule has 2 aliphatic rings. The van der Waals surface area contributed by atoms with Crippen molar-refractivity contribution in [1.82, 2.24) is 9.80 Å². The number of piperidine rings is 1. The molecule has 2 heterocycles. The number of halogens is 7. The molecule has 3 N–H and O–H groups in total. The fourth-order valence-corrected chi connectivity index (χ4v) is 5.86. The van der Waals surface area contributed by atoms with Gasteiger partial charge in [-0.1, -0.05) is 35.9 Å². The number of nitrogens with zero attached hydrogens (tertiary/aromatic N) is 2. The van der Waals surface area contributed by atoms with Crippen LogP contribution in [0.5, 0.6) is 0 Å². The summed E-state index contributed by atoms with van der Waals surface area (Å²) in [6.07, 6.45) is -8.48. The van der Waals surface area contributed by atoms with Gasteiger partial charge in [0, 0.05) is 16.8 Å². The van der Waals surface area contributed by atoms with Crippen molar-refractivity contribution in [3.05, 3.63) is 56.7 Å². The van der Waals surface area contributed by atoms with Gasteiger partial charge in [-0.3, -0.25) is 4.90 Å². The molecule has 2 atom stereocenters. The van der Waals surface area contributed by atoms with Crippen molar-refractivity contribution in [2.45, 2.75) is 49.3 Å². The highest BCUT2D eigenvalue weighted by Gasteiger charge is 2.53. The maximum atomic E-state index is 11.3. The average molecular weight is 605 g/mol. The van der Waals surface area contributed by atoms with E-state index in [-0.39, 0.29) is 17.6 Å². The Bertz CT molecular complexity index is 1110. The second kappa shape index (κ2) is 12.9. The molecule has 1 spiro atoms. The zero-order valence-corrected chi connectivity index (χ0v) is 22.3. The monoisotopic (exact) mass is 604 g/mol. The molecule has 1 aliphatic carbocycles. The Morgan fingerprint density at radius 1 is 1.00 bits per heavy atom. The van der Waals surface area contributed by atoms with E-state index in [2.05, 4.69) is 54.2 Å². The number of hydrogen-bond donors (Lipinski definition) is 3. The molecule has 218 valence electrons. The summed E-state index contributed by atoms with van der Waals surface area (Å²) >= 11 is 7.73. The smallest absolute Gasteiger partial charge is 0.475 e. The van der Waals surface area contributed by atoms with Crippen LogP contribution in [0.1, 0.15) is 34.9 Å². The SMILES string of the molecule is CN(C)[C@@H]1c2ccccc2C2(CCN(Cc3ccc(Cl)s3)CC2)[C@H]1O.O=C(O)C(F)(F)F.O=C(O)C(F)(F)F. The van der Waals surface area contributed by atoms with Crippen LogP contribution in [0, 0.1) is 0 Å². The molecular weight excluding hydrogens is 578 g/mol. The van der Waals surface area contributed by atoms with Gasteiger partial charge in [0.15, 0.2) is 0 Å². The quantitative estimate of drug-likeness (QED) is 0.415. The van der Waals surface area contributed by atoms with Gasteiger partial charge in [0.2, 0.25) is 0 Å². The van der Waals surface area contributed by atoms with Gasteiger partial charge in [0.25, 0.3) is 0 Å². The number of aliphatic hydroxyl groups excluding tert-OH is 1. The van der Waals surface area contributed by atoms with Gasteiger partial charge in [-0.15, -0.1) is 11.3 Å². The number of fused-ring (bicyclic) bond motifs is 2. The Kier molecular flexibility index (Phi) is 10.8. The number of carboxylic acids is 2. The number of hydrogen-bond acceptors (Lipinski definition) is 6. The second-order valence-corrected chi connectivity index (χ2v) is 11.0. The van der Waals surface area contributed by atoms with Crippen molar-refractivity contribution >= 4 is 34.9 Å². The summed E-state index contributed by atoms with van der Waals surface area (Å²) < 4.78 is 64.3. The summed E-state index contributed by atoms with van der Waals surface area (Å²) in [7, 11) is 4.14. The van der Waals surface area contributed by atoms with E-state index in [0.29, 0.717) is 0 Å². The molecule has 39 heavy (non-hydrogen) atoms. The van der Waals surface area contributed by atoms with E-state index in [1.54, 1.807) is 11.3 Å². The van der Waals surface area contributed by atoms with Crippen molar-refractivity contribution in [3.8, 4) is 0 Å². The number of carboxylic acid groups (broad SMARTS) is 2. The Labute approximate surface area is 229 Å². The van der Waals surface area contributed by atoms with Gasteiger partial charge >= 0.3 is 24.3 Å². The van der Waals surface area contributed by atoms with Crippen LogP contribution < -0.4 is 0 Å². The molecule has 1 fully saturated rings. The first-order chi connectivity index (χ1) is 17.9. The minimum atomic E-state index is -5.08. The zero-order chi connectivity index (χ0) is 29.8. The molecule has 0 bridgehead atoms. The fraction of sp³-hybridized carbons (Fsp3) is 0.500. The molecular formula is C24H27ClF6N2O5S. The van der Waals surface area contributed by atoms with Crippen molar-refractivity contribution < 1.29 is 51.3 Å². The lowest BCUT2D eigenvalue weighted by Gasteiger charge is -2.43. The minimum absolute atomic E-state index is 0.0962. The van der Waals surface area contributed by atoms with Gasteiger partial charge in [-0.25, -0.2) is 9.59 Å². The standard InChI is InChI=1S/C20H25ClN2OS.2C2HF3O2/c1-22(2)18-15-5-3-4-6-16(15)20(19(18)24)9-11-23(12-10-20)13-14-7-8-17(21)25-14;2*3-2(4,5)1(6)7/h3-8,18-19,24H,9-13H2,1-2H3;2*(H,6,7)/t18-,19+;;/m1../s1. The first-order valence-electron chi connectivity index (χ1n) is 11.4. The van der Waals surface area contributed by atoms with Crippen LogP contribution in [0.4, 0.5) is 26.3 Å². The van der Waals surface area contributed by atoms with Crippen LogP contribution in [0.25, 0.3) is 0 Å². The van der Waals surface area contributed by atoms with E-state index in [1.807, 2.05) is 6.07 Å². The Morgan fingerprint density at radius 3 is 1.90 bits per heavy atom. The van der Waals surface area contributed by atoms with E-state index < -0.39 is 24.3 Å². The maximum absolute atomic E-state index is 11.3. The summed E-state index contributed by atoms with van der Waals surface area (Å²) in [4.78, 5) is 23.8. The highest BCUT2D eigenvalue weighted by atomic mass is 35.5. The number of likely N-dealkylation sites (tertiary alicyclic amines) is 1. The van der Waals surface area contributed by atoms with Gasteiger partial charge in [-0.05, 0) is 63.3 Å². The highest BCUT2D eigenvalue weighted by molar-refractivity contribution is 7.16. The third-order valence-corrected chi connectivity index (χ3v) is 7.69. The number of carbonyl (C=O) groups is 2. The lowest BCUT2D eigenvalue weighted by molar-refractivity contribution is -0.193. The van der Waals surface area contributed by atoms with Crippen molar-refractivity contribution in [1.29, 1.82) is 0 Å². The number of benzene rings is 1. The molecule has 7 nitrogen and oxygen atoms in total. The van der Waals surface area contributed by atoms with Crippen molar-refractivity contribution in [2.24, 2.45) is 0 Å². The van der Waals surface area contributed by atoms with Gasteiger partial charge in [0.1, 0.15) is 0 Å². The van der Waals surface area contributed by atoms with Crippen molar-refractivity contribution in [2.75, 3.05) is 27.2 Å². The summed E-state index contributed by atoms with van der Waals surface area (Å²) in [6.45, 7) is 2.99. The van der Waals surface area contributed by atoms with Crippen LogP contribution in [0.2, 0.25) is 4.34 Å². The van der Waals surface area contributed by atoms with Gasteiger partial charge in [-0.2, -0.15) is 26.3 Å². The Hall–Kier alpha value is -2.39. The lowest BCUT2D eigenvalue weighted by Crippen LogP contribution is -2.48. The third-order valence-electron chi connectivity index (χ3n) is 6.48. The van der Waals surface area contributed by atoms with E-state index in [4.69, 9.17) is 31.4 Å². The second-order valence-electron chi connectivity index (χ2n) is 9.18. The van der Waals surface area contributed by atoms with E-state index in [1.165, 1.54) is 16.0 Å². The number of alkyl halides is 6. The van der Waals surface area contributed by atoms with Gasteiger partial charge < -0.3 is 20.2 Å². The molecule has 1 aliphatic heterocycles. The first kappa shape index (κ1) is 32.8. The van der Waals surface area contributed by atoms with Crippen LogP contribution >= 0.6 is 22.9 Å². The maximum Gasteiger partial charge on any atom is 0.490 e.